The number of carbonyl (C=O) groups excluding carboxylic acids is 1. The van der Waals surface area contributed by atoms with Gasteiger partial charge in [-0.25, -0.2) is 0 Å². The van der Waals surface area contributed by atoms with Crippen LogP contribution in [0.4, 0.5) is 0 Å². The van der Waals surface area contributed by atoms with Gasteiger partial charge in [0.05, 0.1) is 31.1 Å². The van der Waals surface area contributed by atoms with E-state index in [0.717, 1.165) is 0 Å². The van der Waals surface area contributed by atoms with Crippen molar-refractivity contribution >= 4 is 64.0 Å². The Morgan fingerprint density at radius 1 is 0.800 bits per heavy atom. The third-order valence-electron chi connectivity index (χ3n) is 1.41. The molecular formula is C7Cl5KO2. The molecule has 0 unspecified atom stereocenters. The van der Waals surface area contributed by atoms with E-state index in [4.69, 9.17) is 58.0 Å². The van der Waals surface area contributed by atoms with Gasteiger partial charge >= 0.3 is 51.4 Å². The summed E-state index contributed by atoms with van der Waals surface area (Å²) in [7, 11) is 0. The van der Waals surface area contributed by atoms with Gasteiger partial charge in [-0.15, -0.1) is 0 Å². The number of carboxylic acid groups (broad SMARTS) is 1. The summed E-state index contributed by atoms with van der Waals surface area (Å²) in [5.74, 6) is -1.57. The van der Waals surface area contributed by atoms with Crippen LogP contribution in [0.15, 0.2) is 0 Å². The van der Waals surface area contributed by atoms with Crippen molar-refractivity contribution in [3.8, 4) is 0 Å². The Hall–Kier alpha value is 1.78. The van der Waals surface area contributed by atoms with Gasteiger partial charge < -0.3 is 9.90 Å². The SMILES string of the molecule is O=C([O-])c1c(Cl)c(Cl)c(Cl)c(Cl)c1Cl.[K+]. The second kappa shape index (κ2) is 6.64. The molecule has 0 radical (unpaired) electrons. The largest absolute Gasteiger partial charge is 1.00 e. The summed E-state index contributed by atoms with van der Waals surface area (Å²) in [6.07, 6.45) is 0. The van der Waals surface area contributed by atoms with Crippen LogP contribution in [0, 0.1) is 0 Å². The van der Waals surface area contributed by atoms with Crippen molar-refractivity contribution in [2.75, 3.05) is 0 Å². The molecule has 0 saturated heterocycles. The summed E-state index contributed by atoms with van der Waals surface area (Å²) in [5.41, 5.74) is -0.465. The molecule has 0 atom stereocenters. The normalized spacial score (nSPS) is 9.67. The summed E-state index contributed by atoms with van der Waals surface area (Å²) >= 11 is 28.0. The van der Waals surface area contributed by atoms with E-state index in [1.807, 2.05) is 0 Å². The van der Waals surface area contributed by atoms with Crippen molar-refractivity contribution in [3.05, 3.63) is 30.7 Å². The first-order valence-corrected chi connectivity index (χ1v) is 4.99. The van der Waals surface area contributed by atoms with Crippen LogP contribution in [0.1, 0.15) is 10.4 Å². The van der Waals surface area contributed by atoms with Gasteiger partial charge in [-0.2, -0.15) is 0 Å². The van der Waals surface area contributed by atoms with Crippen LogP contribution in [-0.2, 0) is 0 Å². The Kier molecular flexibility index (Phi) is 7.43. The predicted molar refractivity (Wildman–Crippen MR) is 55.8 cm³/mol. The minimum Gasteiger partial charge on any atom is -0.545 e. The Bertz CT molecular complexity index is 391. The second-order valence-electron chi connectivity index (χ2n) is 2.23. The Balaban J connectivity index is 0.00000196. The molecule has 0 aliphatic heterocycles. The summed E-state index contributed by atoms with van der Waals surface area (Å²) in [6, 6.07) is 0. The second-order valence-corrected chi connectivity index (χ2v) is 4.12. The Morgan fingerprint density at radius 2 is 1.07 bits per heavy atom. The maximum absolute atomic E-state index is 10.6. The zero-order chi connectivity index (χ0) is 11.0. The molecule has 0 saturated carbocycles. The molecule has 76 valence electrons. The third kappa shape index (κ3) is 3.38. The molecule has 1 rings (SSSR count). The molecule has 15 heavy (non-hydrogen) atoms. The molecule has 0 amide bonds. The number of carboxylic acids is 1. The van der Waals surface area contributed by atoms with Crippen LogP contribution >= 0.6 is 58.0 Å². The number of aromatic carboxylic acids is 1. The first-order chi connectivity index (χ1) is 6.37. The molecule has 0 spiro atoms. The Labute approximate surface area is 153 Å². The fourth-order valence-corrected chi connectivity index (χ4v) is 2.08. The molecule has 1 aromatic carbocycles. The van der Waals surface area contributed by atoms with Crippen LogP contribution in [0.25, 0.3) is 0 Å². The minimum absolute atomic E-state index is 0. The third-order valence-corrected chi connectivity index (χ3v) is 3.69. The molecule has 0 aliphatic rings. The van der Waals surface area contributed by atoms with Crippen molar-refractivity contribution in [2.45, 2.75) is 0 Å². The topological polar surface area (TPSA) is 40.1 Å². The number of hydrogen-bond acceptors (Lipinski definition) is 2. The van der Waals surface area contributed by atoms with E-state index in [-0.39, 0.29) is 76.5 Å². The molecular weight excluding hydrogens is 332 g/mol. The van der Waals surface area contributed by atoms with Gasteiger partial charge in [0.1, 0.15) is 0 Å². The van der Waals surface area contributed by atoms with E-state index >= 15 is 0 Å². The molecule has 0 aliphatic carbocycles. The fourth-order valence-electron chi connectivity index (χ4n) is 0.784. The van der Waals surface area contributed by atoms with E-state index in [1.165, 1.54) is 0 Å². The molecule has 0 N–H and O–H groups in total. The predicted octanol–water partition coefficient (Wildman–Crippen LogP) is 0.321. The van der Waals surface area contributed by atoms with E-state index in [1.54, 1.807) is 0 Å². The van der Waals surface area contributed by atoms with Crippen molar-refractivity contribution in [1.29, 1.82) is 0 Å². The fraction of sp³-hybridized carbons (Fsp3) is 0. The number of rotatable bonds is 1. The molecule has 8 heteroatoms. The van der Waals surface area contributed by atoms with E-state index in [2.05, 4.69) is 0 Å². The quantitative estimate of drug-likeness (QED) is 0.422. The molecule has 0 heterocycles. The van der Waals surface area contributed by atoms with Crippen LogP contribution in [0.3, 0.4) is 0 Å². The smallest absolute Gasteiger partial charge is 0.545 e. The van der Waals surface area contributed by atoms with Crippen molar-refractivity contribution < 1.29 is 61.3 Å². The van der Waals surface area contributed by atoms with E-state index in [0.29, 0.717) is 0 Å². The van der Waals surface area contributed by atoms with E-state index < -0.39 is 11.5 Å². The van der Waals surface area contributed by atoms with Crippen LogP contribution in [0.5, 0.6) is 0 Å². The van der Waals surface area contributed by atoms with Gasteiger partial charge in [-0.1, -0.05) is 58.0 Å². The van der Waals surface area contributed by atoms with Crippen LogP contribution in [0.2, 0.25) is 25.1 Å². The molecule has 2 nitrogen and oxygen atoms in total. The van der Waals surface area contributed by atoms with Gasteiger partial charge in [-0.05, 0) is 0 Å². The van der Waals surface area contributed by atoms with Crippen molar-refractivity contribution in [2.24, 2.45) is 0 Å². The van der Waals surface area contributed by atoms with Crippen molar-refractivity contribution in [3.63, 3.8) is 0 Å². The standard InChI is InChI=1S/C7HCl5O2.K/c8-2-1(7(13)14)3(9)5(11)6(12)4(2)10;/h(H,13,14);/q;+1/p-1. The number of hydrogen-bond donors (Lipinski definition) is 0. The number of benzene rings is 1. The van der Waals surface area contributed by atoms with Gasteiger partial charge in [0.15, 0.2) is 0 Å². The number of carbonyl (C=O) groups is 1. The average molecular weight is 332 g/mol. The first-order valence-electron chi connectivity index (χ1n) is 3.10. The molecule has 1 aromatic rings. The number of halogens is 5. The summed E-state index contributed by atoms with van der Waals surface area (Å²) < 4.78 is 0. The minimum atomic E-state index is -1.57. The molecule has 0 fully saturated rings. The first kappa shape index (κ1) is 16.8. The van der Waals surface area contributed by atoms with Gasteiger partial charge in [0.2, 0.25) is 0 Å². The average Bonchev–Trinajstić information content (AvgIpc) is 2.11. The summed E-state index contributed by atoms with van der Waals surface area (Å²) in [6.45, 7) is 0. The maximum Gasteiger partial charge on any atom is 1.00 e. The summed E-state index contributed by atoms with van der Waals surface area (Å²) in [5, 5.41) is 9.63. The van der Waals surface area contributed by atoms with Crippen molar-refractivity contribution in [1.82, 2.24) is 0 Å². The zero-order valence-corrected chi connectivity index (χ0v) is 14.1. The van der Waals surface area contributed by atoms with Gasteiger partial charge in [-0.3, -0.25) is 0 Å². The zero-order valence-electron chi connectivity index (χ0n) is 7.21. The van der Waals surface area contributed by atoms with Gasteiger partial charge in [0.25, 0.3) is 0 Å². The van der Waals surface area contributed by atoms with Crippen LogP contribution < -0.4 is 56.5 Å². The molecule has 0 aromatic heterocycles. The van der Waals surface area contributed by atoms with Crippen LogP contribution in [-0.4, -0.2) is 5.97 Å². The van der Waals surface area contributed by atoms with E-state index in [9.17, 15) is 9.90 Å². The summed E-state index contributed by atoms with van der Waals surface area (Å²) in [4.78, 5) is 10.6. The van der Waals surface area contributed by atoms with Gasteiger partial charge in [0, 0.05) is 5.56 Å². The maximum atomic E-state index is 10.6. The molecule has 0 bridgehead atoms. The monoisotopic (exact) mass is 330 g/mol. The Morgan fingerprint density at radius 3 is 1.33 bits per heavy atom.